The largest absolute Gasteiger partial charge is 0.325 e. The van der Waals surface area contributed by atoms with E-state index in [9.17, 15) is 9.18 Å². The lowest BCUT2D eigenvalue weighted by Crippen LogP contribution is -2.45. The second-order valence-electron chi connectivity index (χ2n) is 9.64. The topological polar surface area (TPSA) is 72.9 Å². The van der Waals surface area contributed by atoms with Gasteiger partial charge >= 0.3 is 0 Å². The zero-order chi connectivity index (χ0) is 22.2. The lowest BCUT2D eigenvalue weighted by atomic mass is 9.87. The Kier molecular flexibility index (Phi) is 5.84. The Morgan fingerprint density at radius 3 is 2.45 bits per heavy atom. The minimum atomic E-state index is -0.613. The SMILES string of the molecule is CC(C)(C)[C@H](N)C(=O)Nc1ccc2c(c1)nc(-c1ccc(F)cc1)n2C1CCCCC1. The van der Waals surface area contributed by atoms with Crippen LogP contribution in [0.3, 0.4) is 0 Å². The average Bonchev–Trinajstić information content (AvgIpc) is 3.12. The Balaban J connectivity index is 1.74. The van der Waals surface area contributed by atoms with Gasteiger partial charge in [0, 0.05) is 17.3 Å². The van der Waals surface area contributed by atoms with E-state index in [0.29, 0.717) is 11.7 Å². The Morgan fingerprint density at radius 1 is 1.13 bits per heavy atom. The van der Waals surface area contributed by atoms with Gasteiger partial charge in [-0.25, -0.2) is 9.37 Å². The van der Waals surface area contributed by atoms with Gasteiger partial charge in [0.15, 0.2) is 0 Å². The van der Waals surface area contributed by atoms with Crippen LogP contribution in [0.5, 0.6) is 0 Å². The number of carbonyl (C=O) groups is 1. The second-order valence-corrected chi connectivity index (χ2v) is 9.64. The Bertz CT molecular complexity index is 1080. The van der Waals surface area contributed by atoms with Crippen LogP contribution in [0.1, 0.15) is 58.9 Å². The summed E-state index contributed by atoms with van der Waals surface area (Å²) in [5, 5.41) is 2.93. The van der Waals surface area contributed by atoms with Crippen molar-refractivity contribution in [1.82, 2.24) is 9.55 Å². The number of anilines is 1. The van der Waals surface area contributed by atoms with Crippen molar-refractivity contribution in [3.63, 3.8) is 0 Å². The van der Waals surface area contributed by atoms with Crippen LogP contribution in [0, 0.1) is 11.2 Å². The summed E-state index contributed by atoms with van der Waals surface area (Å²) in [5.74, 6) is 0.373. The highest BCUT2D eigenvalue weighted by atomic mass is 19.1. The van der Waals surface area contributed by atoms with Gasteiger partial charge in [0.2, 0.25) is 5.91 Å². The molecule has 1 aliphatic rings. The van der Waals surface area contributed by atoms with Crippen LogP contribution in [0.15, 0.2) is 42.5 Å². The zero-order valence-corrected chi connectivity index (χ0v) is 18.5. The Hall–Kier alpha value is -2.73. The number of carbonyl (C=O) groups excluding carboxylic acids is 1. The maximum atomic E-state index is 13.5. The van der Waals surface area contributed by atoms with E-state index in [0.717, 1.165) is 35.3 Å². The van der Waals surface area contributed by atoms with Crippen LogP contribution < -0.4 is 11.1 Å². The summed E-state index contributed by atoms with van der Waals surface area (Å²) in [5.41, 5.74) is 9.19. The first-order valence-corrected chi connectivity index (χ1v) is 11.1. The van der Waals surface area contributed by atoms with E-state index in [2.05, 4.69) is 9.88 Å². The van der Waals surface area contributed by atoms with E-state index in [1.807, 2.05) is 39.0 Å². The Morgan fingerprint density at radius 2 is 1.81 bits per heavy atom. The molecule has 6 heteroatoms. The first-order valence-electron chi connectivity index (χ1n) is 11.1. The van der Waals surface area contributed by atoms with Crippen molar-refractivity contribution in [3.05, 3.63) is 48.3 Å². The smallest absolute Gasteiger partial charge is 0.241 e. The number of hydrogen-bond donors (Lipinski definition) is 2. The van der Waals surface area contributed by atoms with E-state index >= 15 is 0 Å². The molecule has 0 saturated heterocycles. The summed E-state index contributed by atoms with van der Waals surface area (Å²) in [7, 11) is 0. The molecule has 1 amide bonds. The van der Waals surface area contributed by atoms with Crippen molar-refractivity contribution >= 4 is 22.6 Å². The summed E-state index contributed by atoms with van der Waals surface area (Å²) >= 11 is 0. The van der Waals surface area contributed by atoms with Crippen molar-refractivity contribution in [3.8, 4) is 11.4 Å². The quantitative estimate of drug-likeness (QED) is 0.570. The predicted molar refractivity (Wildman–Crippen MR) is 123 cm³/mol. The fourth-order valence-electron chi connectivity index (χ4n) is 4.30. The fraction of sp³-hybridized carbons (Fsp3) is 0.440. The number of fused-ring (bicyclic) bond motifs is 1. The summed E-state index contributed by atoms with van der Waals surface area (Å²) in [6.07, 6.45) is 5.88. The second kappa shape index (κ2) is 8.42. The number of nitrogens with one attached hydrogen (secondary N) is 1. The third kappa shape index (κ3) is 4.49. The summed E-state index contributed by atoms with van der Waals surface area (Å²) in [4.78, 5) is 17.5. The van der Waals surface area contributed by atoms with Gasteiger partial charge in [0.05, 0.1) is 17.1 Å². The molecule has 0 bridgehead atoms. The number of rotatable bonds is 4. The maximum absolute atomic E-state index is 13.5. The predicted octanol–water partition coefficient (Wildman–Crippen LogP) is 5.66. The fourth-order valence-corrected chi connectivity index (χ4v) is 4.30. The first kappa shape index (κ1) is 21.5. The van der Waals surface area contributed by atoms with Gasteiger partial charge in [0.1, 0.15) is 11.6 Å². The molecular weight excluding hydrogens is 391 g/mol. The lowest BCUT2D eigenvalue weighted by Gasteiger charge is -2.26. The van der Waals surface area contributed by atoms with Gasteiger partial charge in [-0.1, -0.05) is 40.0 Å². The number of hydrogen-bond acceptors (Lipinski definition) is 3. The average molecular weight is 423 g/mol. The van der Waals surface area contributed by atoms with Gasteiger partial charge in [-0.3, -0.25) is 4.79 Å². The number of amides is 1. The number of nitrogens with zero attached hydrogens (tertiary/aromatic N) is 2. The molecule has 1 aliphatic carbocycles. The molecule has 164 valence electrons. The summed E-state index contributed by atoms with van der Waals surface area (Å²) in [6.45, 7) is 5.84. The molecule has 1 heterocycles. The van der Waals surface area contributed by atoms with E-state index < -0.39 is 6.04 Å². The van der Waals surface area contributed by atoms with Crippen molar-refractivity contribution < 1.29 is 9.18 Å². The first-order chi connectivity index (χ1) is 14.7. The third-order valence-corrected chi connectivity index (χ3v) is 6.21. The summed E-state index contributed by atoms with van der Waals surface area (Å²) in [6, 6.07) is 12.1. The molecule has 1 fully saturated rings. The molecule has 5 nitrogen and oxygen atoms in total. The van der Waals surface area contributed by atoms with Crippen molar-refractivity contribution in [1.29, 1.82) is 0 Å². The monoisotopic (exact) mass is 422 g/mol. The lowest BCUT2D eigenvalue weighted by molar-refractivity contribution is -0.119. The third-order valence-electron chi connectivity index (χ3n) is 6.21. The van der Waals surface area contributed by atoms with Crippen LogP contribution in [0.4, 0.5) is 10.1 Å². The van der Waals surface area contributed by atoms with Gasteiger partial charge in [-0.15, -0.1) is 0 Å². The van der Waals surface area contributed by atoms with Crippen LogP contribution >= 0.6 is 0 Å². The van der Waals surface area contributed by atoms with Crippen molar-refractivity contribution in [2.24, 2.45) is 11.1 Å². The molecule has 4 rings (SSSR count). The molecule has 1 atom stereocenters. The van der Waals surface area contributed by atoms with E-state index in [1.54, 1.807) is 12.1 Å². The molecule has 0 spiro atoms. The molecule has 0 unspecified atom stereocenters. The minimum absolute atomic E-state index is 0.211. The molecule has 0 aliphatic heterocycles. The Labute approximate surface area is 182 Å². The van der Waals surface area contributed by atoms with Crippen LogP contribution in [-0.4, -0.2) is 21.5 Å². The number of benzene rings is 2. The molecule has 2 aromatic carbocycles. The minimum Gasteiger partial charge on any atom is -0.325 e. The molecule has 1 aromatic heterocycles. The van der Waals surface area contributed by atoms with Gasteiger partial charge in [-0.2, -0.15) is 0 Å². The molecule has 31 heavy (non-hydrogen) atoms. The van der Waals surface area contributed by atoms with Crippen molar-refractivity contribution in [2.45, 2.75) is 65.0 Å². The molecule has 1 saturated carbocycles. The highest BCUT2D eigenvalue weighted by molar-refractivity contribution is 5.97. The van der Waals surface area contributed by atoms with Gasteiger partial charge in [0.25, 0.3) is 0 Å². The highest BCUT2D eigenvalue weighted by Gasteiger charge is 2.28. The standard InChI is InChI=1S/C25H31FN4O/c1-25(2,3)22(27)24(31)28-18-13-14-21-20(15-18)29-23(16-9-11-17(26)12-10-16)30(21)19-7-5-4-6-8-19/h9-15,19,22H,4-8,27H2,1-3H3,(H,28,31)/t22-/m1/s1. The van der Waals surface area contributed by atoms with Crippen LogP contribution in [-0.2, 0) is 4.79 Å². The molecule has 3 N–H and O–H groups in total. The van der Waals surface area contributed by atoms with E-state index in [4.69, 9.17) is 10.7 Å². The van der Waals surface area contributed by atoms with E-state index in [-0.39, 0.29) is 17.1 Å². The zero-order valence-electron chi connectivity index (χ0n) is 18.5. The van der Waals surface area contributed by atoms with Gasteiger partial charge < -0.3 is 15.6 Å². The maximum Gasteiger partial charge on any atom is 0.241 e. The van der Waals surface area contributed by atoms with E-state index in [1.165, 1.54) is 31.4 Å². The van der Waals surface area contributed by atoms with Crippen LogP contribution in [0.25, 0.3) is 22.4 Å². The molecule has 3 aromatic rings. The highest BCUT2D eigenvalue weighted by Crippen LogP contribution is 2.36. The van der Waals surface area contributed by atoms with Gasteiger partial charge in [-0.05, 0) is 60.7 Å². The molecular formula is C25H31FN4O. The number of imidazole rings is 1. The number of aromatic nitrogens is 2. The molecule has 0 radical (unpaired) electrons. The number of nitrogens with two attached hydrogens (primary N) is 1. The normalized spacial score (nSPS) is 16.4. The van der Waals surface area contributed by atoms with Crippen molar-refractivity contribution in [2.75, 3.05) is 5.32 Å². The van der Waals surface area contributed by atoms with Crippen LogP contribution in [0.2, 0.25) is 0 Å². The number of halogens is 1. The summed E-state index contributed by atoms with van der Waals surface area (Å²) < 4.78 is 15.8.